The van der Waals surface area contributed by atoms with E-state index in [1.807, 2.05) is 12.1 Å². The first-order valence-electron chi connectivity index (χ1n) is 6.30. The molecule has 1 aliphatic carbocycles. The van der Waals surface area contributed by atoms with Crippen molar-refractivity contribution in [1.29, 1.82) is 0 Å². The summed E-state index contributed by atoms with van der Waals surface area (Å²) in [7, 11) is 1.78. The molecular weight excluding hydrogens is 244 g/mol. The molecule has 2 rings (SSSR count). The summed E-state index contributed by atoms with van der Waals surface area (Å²) in [6, 6.07) is 6.58. The average molecular weight is 264 g/mol. The lowest BCUT2D eigenvalue weighted by Crippen LogP contribution is -2.20. The lowest BCUT2D eigenvalue weighted by molar-refractivity contribution is 0.108. The van der Waals surface area contributed by atoms with Crippen LogP contribution >= 0.6 is 12.2 Å². The number of thiocarbonyl (C=S) groups is 1. The van der Waals surface area contributed by atoms with Crippen LogP contribution in [-0.2, 0) is 4.74 Å². The second kappa shape index (κ2) is 5.67. The maximum atomic E-state index is 5.76. The van der Waals surface area contributed by atoms with Gasteiger partial charge in [-0.15, -0.1) is 0 Å². The number of aryl methyl sites for hydroxylation is 1. The molecule has 0 spiro atoms. The van der Waals surface area contributed by atoms with Gasteiger partial charge in [0.1, 0.15) is 4.99 Å². The van der Waals surface area contributed by atoms with Gasteiger partial charge in [0.05, 0.1) is 6.10 Å². The van der Waals surface area contributed by atoms with Crippen molar-refractivity contribution in [2.45, 2.75) is 38.3 Å². The maximum Gasteiger partial charge on any atom is 0.106 e. The number of hydrogen-bond acceptors (Lipinski definition) is 3. The Balaban J connectivity index is 2.13. The van der Waals surface area contributed by atoms with Crippen molar-refractivity contribution >= 4 is 22.9 Å². The fourth-order valence-corrected chi connectivity index (χ4v) is 2.68. The molecule has 1 aromatic carbocycles. The Kier molecular flexibility index (Phi) is 4.19. The van der Waals surface area contributed by atoms with E-state index in [2.05, 4.69) is 18.3 Å². The third-order valence-electron chi connectivity index (χ3n) is 3.52. The van der Waals surface area contributed by atoms with Crippen molar-refractivity contribution in [3.63, 3.8) is 0 Å². The molecule has 0 saturated heterocycles. The van der Waals surface area contributed by atoms with E-state index >= 15 is 0 Å². The first-order valence-corrected chi connectivity index (χ1v) is 6.70. The number of anilines is 1. The SMILES string of the molecule is COC1CCC(Nc2cc(C)ccc2C(N)=S)C1. The number of benzene rings is 1. The molecule has 1 aliphatic rings. The molecular formula is C14H20N2OS. The predicted molar refractivity (Wildman–Crippen MR) is 79.1 cm³/mol. The van der Waals surface area contributed by atoms with E-state index in [0.717, 1.165) is 30.5 Å². The second-order valence-corrected chi connectivity index (χ2v) is 5.37. The number of hydrogen-bond donors (Lipinski definition) is 2. The highest BCUT2D eigenvalue weighted by atomic mass is 32.1. The Hall–Kier alpha value is -1.13. The summed E-state index contributed by atoms with van der Waals surface area (Å²) >= 11 is 5.09. The Morgan fingerprint density at radius 1 is 1.44 bits per heavy atom. The van der Waals surface area contributed by atoms with E-state index < -0.39 is 0 Å². The van der Waals surface area contributed by atoms with Crippen molar-refractivity contribution in [1.82, 2.24) is 0 Å². The lowest BCUT2D eigenvalue weighted by Gasteiger charge is -2.17. The fourth-order valence-electron chi connectivity index (χ4n) is 2.50. The van der Waals surface area contributed by atoms with Crippen molar-refractivity contribution in [3.8, 4) is 0 Å². The summed E-state index contributed by atoms with van der Waals surface area (Å²) in [5.74, 6) is 0. The first kappa shape index (κ1) is 13.3. The van der Waals surface area contributed by atoms with Gasteiger partial charge in [-0.25, -0.2) is 0 Å². The van der Waals surface area contributed by atoms with Gasteiger partial charge in [-0.3, -0.25) is 0 Å². The summed E-state index contributed by atoms with van der Waals surface area (Å²) in [6.45, 7) is 2.07. The second-order valence-electron chi connectivity index (χ2n) is 4.93. The van der Waals surface area contributed by atoms with Crippen LogP contribution in [0.25, 0.3) is 0 Å². The summed E-state index contributed by atoms with van der Waals surface area (Å²) < 4.78 is 5.39. The highest BCUT2D eigenvalue weighted by molar-refractivity contribution is 7.80. The van der Waals surface area contributed by atoms with E-state index in [9.17, 15) is 0 Å². The highest BCUT2D eigenvalue weighted by Crippen LogP contribution is 2.27. The molecule has 0 heterocycles. The number of nitrogens with one attached hydrogen (secondary N) is 1. The normalized spacial score (nSPS) is 23.0. The van der Waals surface area contributed by atoms with E-state index in [0.29, 0.717) is 17.1 Å². The van der Waals surface area contributed by atoms with E-state index in [4.69, 9.17) is 22.7 Å². The molecule has 18 heavy (non-hydrogen) atoms. The molecule has 0 aliphatic heterocycles. The van der Waals surface area contributed by atoms with Gasteiger partial charge in [-0.05, 0) is 43.9 Å². The summed E-state index contributed by atoms with van der Waals surface area (Å²) in [5.41, 5.74) is 8.94. The zero-order valence-corrected chi connectivity index (χ0v) is 11.7. The van der Waals surface area contributed by atoms with Crippen LogP contribution in [0.2, 0.25) is 0 Å². The Bertz CT molecular complexity index is 447. The van der Waals surface area contributed by atoms with E-state index in [-0.39, 0.29) is 0 Å². The Morgan fingerprint density at radius 2 is 2.22 bits per heavy atom. The van der Waals surface area contributed by atoms with Gasteiger partial charge >= 0.3 is 0 Å². The number of nitrogens with two attached hydrogens (primary N) is 1. The van der Waals surface area contributed by atoms with Gasteiger partial charge < -0.3 is 15.8 Å². The van der Waals surface area contributed by atoms with Crippen molar-refractivity contribution in [3.05, 3.63) is 29.3 Å². The van der Waals surface area contributed by atoms with Gasteiger partial charge in [-0.1, -0.05) is 18.3 Å². The fraction of sp³-hybridized carbons (Fsp3) is 0.500. The minimum absolute atomic E-state index is 0.376. The zero-order valence-electron chi connectivity index (χ0n) is 10.9. The maximum absolute atomic E-state index is 5.76. The highest BCUT2D eigenvalue weighted by Gasteiger charge is 2.24. The van der Waals surface area contributed by atoms with Crippen molar-refractivity contribution < 1.29 is 4.74 Å². The average Bonchev–Trinajstić information content (AvgIpc) is 2.76. The quantitative estimate of drug-likeness (QED) is 0.821. The van der Waals surface area contributed by atoms with Gasteiger partial charge in [0.2, 0.25) is 0 Å². The van der Waals surface area contributed by atoms with E-state index in [1.54, 1.807) is 7.11 Å². The molecule has 2 unspecified atom stereocenters. The molecule has 3 nitrogen and oxygen atoms in total. The Morgan fingerprint density at radius 3 is 2.83 bits per heavy atom. The van der Waals surface area contributed by atoms with Crippen molar-refractivity contribution in [2.75, 3.05) is 12.4 Å². The van der Waals surface area contributed by atoms with Crippen LogP contribution in [-0.4, -0.2) is 24.2 Å². The molecule has 0 radical (unpaired) electrons. The minimum Gasteiger partial charge on any atom is -0.389 e. The lowest BCUT2D eigenvalue weighted by atomic mass is 10.1. The van der Waals surface area contributed by atoms with Crippen LogP contribution in [0.4, 0.5) is 5.69 Å². The monoisotopic (exact) mass is 264 g/mol. The van der Waals surface area contributed by atoms with E-state index in [1.165, 1.54) is 5.56 Å². The third kappa shape index (κ3) is 3.00. The first-order chi connectivity index (χ1) is 8.60. The molecule has 1 fully saturated rings. The number of rotatable bonds is 4. The van der Waals surface area contributed by atoms with Crippen LogP contribution in [0.1, 0.15) is 30.4 Å². The third-order valence-corrected chi connectivity index (χ3v) is 3.74. The number of ether oxygens (including phenoxy) is 1. The minimum atomic E-state index is 0.376. The molecule has 2 atom stereocenters. The standard InChI is InChI=1S/C14H20N2OS/c1-9-3-6-12(14(15)18)13(7-9)16-10-4-5-11(8-10)17-2/h3,6-7,10-11,16H,4-5,8H2,1-2H3,(H2,15,18). The Labute approximate surface area is 114 Å². The van der Waals surface area contributed by atoms with Gasteiger partial charge in [0, 0.05) is 24.4 Å². The van der Waals surface area contributed by atoms with Crippen LogP contribution in [0.15, 0.2) is 18.2 Å². The predicted octanol–water partition coefficient (Wildman–Crippen LogP) is 2.61. The summed E-state index contributed by atoms with van der Waals surface area (Å²) in [5, 5.41) is 3.55. The van der Waals surface area contributed by atoms with Crippen LogP contribution in [0.5, 0.6) is 0 Å². The molecule has 1 saturated carbocycles. The van der Waals surface area contributed by atoms with Gasteiger partial charge in [-0.2, -0.15) is 0 Å². The smallest absolute Gasteiger partial charge is 0.106 e. The van der Waals surface area contributed by atoms with Crippen molar-refractivity contribution in [2.24, 2.45) is 5.73 Å². The zero-order chi connectivity index (χ0) is 13.1. The summed E-state index contributed by atoms with van der Waals surface area (Å²) in [6.07, 6.45) is 3.66. The molecule has 4 heteroatoms. The van der Waals surface area contributed by atoms with Crippen LogP contribution in [0, 0.1) is 6.92 Å². The molecule has 0 amide bonds. The van der Waals surface area contributed by atoms with Gasteiger partial charge in [0.25, 0.3) is 0 Å². The topological polar surface area (TPSA) is 47.3 Å². The summed E-state index contributed by atoms with van der Waals surface area (Å²) in [4.78, 5) is 0.443. The number of methoxy groups -OCH3 is 1. The molecule has 0 aromatic heterocycles. The molecule has 1 aromatic rings. The molecule has 3 N–H and O–H groups in total. The van der Waals surface area contributed by atoms with Crippen LogP contribution in [0.3, 0.4) is 0 Å². The molecule has 98 valence electrons. The van der Waals surface area contributed by atoms with Gasteiger partial charge in [0.15, 0.2) is 0 Å². The molecule has 0 bridgehead atoms. The largest absolute Gasteiger partial charge is 0.389 e. The van der Waals surface area contributed by atoms with Crippen LogP contribution < -0.4 is 11.1 Å².